The van der Waals surface area contributed by atoms with Crippen molar-refractivity contribution in [3.8, 4) is 11.5 Å². The highest BCUT2D eigenvalue weighted by Crippen LogP contribution is 2.32. The number of nitrogens with zero attached hydrogens (tertiary/aromatic N) is 1. The number of carbonyl (C=O) groups is 1. The van der Waals surface area contributed by atoms with Crippen molar-refractivity contribution in [3.63, 3.8) is 0 Å². The lowest BCUT2D eigenvalue weighted by Gasteiger charge is -2.09. The SMILES string of the molecule is COC(=O)COc1ccc(S(=O)(=O)c2cc(OC)cc3[nH]c(S)nc23)cc1. The number of esters is 1. The van der Waals surface area contributed by atoms with E-state index in [0.717, 1.165) is 0 Å². The van der Waals surface area contributed by atoms with Gasteiger partial charge in [-0.2, -0.15) is 0 Å². The molecule has 0 aliphatic rings. The molecule has 1 N–H and O–H groups in total. The Kier molecular flexibility index (Phi) is 5.29. The fourth-order valence-electron chi connectivity index (χ4n) is 2.41. The molecule has 27 heavy (non-hydrogen) atoms. The van der Waals surface area contributed by atoms with Gasteiger partial charge in [-0.25, -0.2) is 18.2 Å². The van der Waals surface area contributed by atoms with Gasteiger partial charge >= 0.3 is 5.97 Å². The number of aromatic amines is 1. The van der Waals surface area contributed by atoms with Gasteiger partial charge in [0.05, 0.1) is 24.6 Å². The number of hydrogen-bond donors (Lipinski definition) is 2. The van der Waals surface area contributed by atoms with E-state index in [1.807, 2.05) is 0 Å². The molecule has 0 atom stereocenters. The van der Waals surface area contributed by atoms with Crippen molar-refractivity contribution in [2.75, 3.05) is 20.8 Å². The average Bonchev–Trinajstić information content (AvgIpc) is 3.05. The number of thiol groups is 1. The summed E-state index contributed by atoms with van der Waals surface area (Å²) >= 11 is 4.14. The number of ether oxygens (including phenoxy) is 3. The van der Waals surface area contributed by atoms with Crippen LogP contribution in [0.1, 0.15) is 0 Å². The predicted molar refractivity (Wildman–Crippen MR) is 99.3 cm³/mol. The van der Waals surface area contributed by atoms with Crippen LogP contribution in [-0.4, -0.2) is 45.2 Å². The third kappa shape index (κ3) is 3.86. The molecule has 0 aliphatic carbocycles. The third-order valence-corrected chi connectivity index (χ3v) is 5.75. The van der Waals surface area contributed by atoms with Gasteiger partial charge in [0.25, 0.3) is 0 Å². The normalized spacial score (nSPS) is 11.4. The van der Waals surface area contributed by atoms with E-state index in [0.29, 0.717) is 22.2 Å². The van der Waals surface area contributed by atoms with Gasteiger partial charge in [0, 0.05) is 12.1 Å². The van der Waals surface area contributed by atoms with E-state index in [-0.39, 0.29) is 21.9 Å². The Bertz CT molecular complexity index is 1090. The molecule has 0 fully saturated rings. The van der Waals surface area contributed by atoms with Crippen molar-refractivity contribution in [2.45, 2.75) is 14.9 Å². The molecule has 10 heteroatoms. The summed E-state index contributed by atoms with van der Waals surface area (Å²) in [6.45, 7) is -0.267. The molecule has 0 bridgehead atoms. The van der Waals surface area contributed by atoms with Gasteiger partial charge < -0.3 is 19.2 Å². The van der Waals surface area contributed by atoms with E-state index >= 15 is 0 Å². The minimum Gasteiger partial charge on any atom is -0.497 e. The van der Waals surface area contributed by atoms with Gasteiger partial charge in [-0.1, -0.05) is 0 Å². The molecule has 0 amide bonds. The number of H-pyrrole nitrogens is 1. The van der Waals surface area contributed by atoms with Gasteiger partial charge in [-0.3, -0.25) is 0 Å². The van der Waals surface area contributed by atoms with Gasteiger partial charge in [-0.15, -0.1) is 12.6 Å². The lowest BCUT2D eigenvalue weighted by Crippen LogP contribution is -2.12. The molecule has 0 aliphatic heterocycles. The molecular formula is C17H16N2O6S2. The van der Waals surface area contributed by atoms with Gasteiger partial charge in [0.2, 0.25) is 9.84 Å². The standard InChI is InChI=1S/C17H16N2O6S2/c1-23-11-7-13-16(19-17(26)18-13)14(8-11)27(21,22)12-5-3-10(4-6-12)25-9-15(20)24-2/h3-8H,9H2,1-2H3,(H2,18,19,26). The van der Waals surface area contributed by atoms with Crippen LogP contribution in [0.4, 0.5) is 0 Å². The van der Waals surface area contributed by atoms with E-state index in [2.05, 4.69) is 27.3 Å². The number of nitrogens with one attached hydrogen (secondary N) is 1. The highest BCUT2D eigenvalue weighted by molar-refractivity contribution is 7.91. The Morgan fingerprint density at radius 2 is 1.85 bits per heavy atom. The molecule has 3 aromatic rings. The molecule has 0 saturated carbocycles. The first-order chi connectivity index (χ1) is 12.8. The Balaban J connectivity index is 1.99. The van der Waals surface area contributed by atoms with Crippen LogP contribution in [0.2, 0.25) is 0 Å². The molecule has 142 valence electrons. The second-order valence-electron chi connectivity index (χ2n) is 5.42. The number of imidazole rings is 1. The molecule has 0 unspecified atom stereocenters. The van der Waals surface area contributed by atoms with Crippen LogP contribution in [0.25, 0.3) is 11.0 Å². The quantitative estimate of drug-likeness (QED) is 0.476. The number of carbonyl (C=O) groups excluding carboxylic acids is 1. The summed E-state index contributed by atoms with van der Waals surface area (Å²) in [4.78, 5) is 18.2. The van der Waals surface area contributed by atoms with Crippen molar-refractivity contribution in [2.24, 2.45) is 0 Å². The number of sulfone groups is 1. The van der Waals surface area contributed by atoms with Gasteiger partial charge in [0.15, 0.2) is 11.8 Å². The van der Waals surface area contributed by atoms with Crippen molar-refractivity contribution < 1.29 is 27.4 Å². The minimum atomic E-state index is -3.88. The third-order valence-electron chi connectivity index (χ3n) is 3.76. The molecule has 1 heterocycles. The summed E-state index contributed by atoms with van der Waals surface area (Å²) in [6.07, 6.45) is 0. The predicted octanol–water partition coefficient (Wildman–Crippen LogP) is 2.24. The van der Waals surface area contributed by atoms with Crippen LogP contribution in [-0.2, 0) is 19.4 Å². The summed E-state index contributed by atoms with van der Waals surface area (Å²) in [7, 11) is -1.18. The number of benzene rings is 2. The van der Waals surface area contributed by atoms with Crippen LogP contribution in [0.5, 0.6) is 11.5 Å². The zero-order valence-corrected chi connectivity index (χ0v) is 16.1. The van der Waals surface area contributed by atoms with Gasteiger partial charge in [-0.05, 0) is 24.3 Å². The van der Waals surface area contributed by atoms with Crippen molar-refractivity contribution in [3.05, 3.63) is 36.4 Å². The first-order valence-electron chi connectivity index (χ1n) is 7.66. The molecule has 3 rings (SSSR count). The maximum atomic E-state index is 13.1. The van der Waals surface area contributed by atoms with Crippen LogP contribution >= 0.6 is 12.6 Å². The number of aromatic nitrogens is 2. The summed E-state index contributed by atoms with van der Waals surface area (Å²) < 4.78 is 41.1. The second-order valence-corrected chi connectivity index (χ2v) is 7.76. The molecule has 8 nitrogen and oxygen atoms in total. The van der Waals surface area contributed by atoms with E-state index < -0.39 is 15.8 Å². The zero-order chi connectivity index (χ0) is 19.6. The monoisotopic (exact) mass is 408 g/mol. The first kappa shape index (κ1) is 19.1. The first-order valence-corrected chi connectivity index (χ1v) is 9.59. The topological polar surface area (TPSA) is 108 Å². The molecule has 0 spiro atoms. The van der Waals surface area contributed by atoms with Crippen molar-refractivity contribution in [1.82, 2.24) is 9.97 Å². The molecular weight excluding hydrogens is 392 g/mol. The Morgan fingerprint density at radius 3 is 2.48 bits per heavy atom. The summed E-state index contributed by atoms with van der Waals surface area (Å²) in [6, 6.07) is 8.75. The molecule has 2 aromatic carbocycles. The molecule has 0 radical (unpaired) electrons. The largest absolute Gasteiger partial charge is 0.497 e. The van der Waals surface area contributed by atoms with Crippen LogP contribution in [0, 0.1) is 0 Å². The Hall–Kier alpha value is -2.72. The van der Waals surface area contributed by atoms with Crippen LogP contribution < -0.4 is 9.47 Å². The summed E-state index contributed by atoms with van der Waals surface area (Å²) in [5.41, 5.74) is 0.766. The number of methoxy groups -OCH3 is 2. The fourth-order valence-corrected chi connectivity index (χ4v) is 4.06. The maximum Gasteiger partial charge on any atom is 0.343 e. The summed E-state index contributed by atoms with van der Waals surface area (Å²) in [5, 5.41) is 0.293. The van der Waals surface area contributed by atoms with E-state index in [1.165, 1.54) is 44.6 Å². The lowest BCUT2D eigenvalue weighted by molar-refractivity contribution is -0.142. The van der Waals surface area contributed by atoms with Crippen molar-refractivity contribution in [1.29, 1.82) is 0 Å². The van der Waals surface area contributed by atoms with Gasteiger partial charge in [0.1, 0.15) is 21.9 Å². The minimum absolute atomic E-state index is 0.00312. The highest BCUT2D eigenvalue weighted by Gasteiger charge is 2.24. The van der Waals surface area contributed by atoms with E-state index in [4.69, 9.17) is 9.47 Å². The van der Waals surface area contributed by atoms with Crippen molar-refractivity contribution >= 4 is 39.5 Å². The number of fused-ring (bicyclic) bond motifs is 1. The molecule has 1 aromatic heterocycles. The number of hydrogen-bond acceptors (Lipinski definition) is 8. The lowest BCUT2D eigenvalue weighted by atomic mass is 10.3. The van der Waals surface area contributed by atoms with Crippen LogP contribution in [0.15, 0.2) is 51.3 Å². The fraction of sp³-hybridized carbons (Fsp3) is 0.176. The average molecular weight is 408 g/mol. The number of rotatable bonds is 6. The second kappa shape index (κ2) is 7.49. The smallest absolute Gasteiger partial charge is 0.343 e. The Morgan fingerprint density at radius 1 is 1.15 bits per heavy atom. The maximum absolute atomic E-state index is 13.1. The molecule has 0 saturated heterocycles. The zero-order valence-electron chi connectivity index (χ0n) is 14.4. The van der Waals surface area contributed by atoms with E-state index in [9.17, 15) is 13.2 Å². The summed E-state index contributed by atoms with van der Waals surface area (Å²) in [5.74, 6) is 0.176. The van der Waals surface area contributed by atoms with E-state index in [1.54, 1.807) is 6.07 Å². The highest BCUT2D eigenvalue weighted by atomic mass is 32.2. The Labute approximate surface area is 160 Å². The van der Waals surface area contributed by atoms with Crippen LogP contribution in [0.3, 0.4) is 0 Å².